The fourth-order valence-corrected chi connectivity index (χ4v) is 1.02. The molecule has 0 radical (unpaired) electrons. The van der Waals surface area contributed by atoms with Crippen molar-refractivity contribution in [1.82, 2.24) is 0 Å². The van der Waals surface area contributed by atoms with E-state index in [0.717, 1.165) is 0 Å². The van der Waals surface area contributed by atoms with E-state index in [1.54, 1.807) is 27.7 Å². The summed E-state index contributed by atoms with van der Waals surface area (Å²) in [5, 5.41) is 0. The Labute approximate surface area is 120 Å². The van der Waals surface area contributed by atoms with Crippen LogP contribution in [0.3, 0.4) is 0 Å². The molecule has 0 bridgehead atoms. The predicted octanol–water partition coefficient (Wildman–Crippen LogP) is 2.27. The van der Waals surface area contributed by atoms with Crippen LogP contribution < -0.4 is 0 Å². The van der Waals surface area contributed by atoms with E-state index in [1.807, 2.05) is 0 Å². The predicted molar refractivity (Wildman–Crippen MR) is 77.3 cm³/mol. The summed E-state index contributed by atoms with van der Waals surface area (Å²) in [4.78, 5) is 22.7. The van der Waals surface area contributed by atoms with Gasteiger partial charge in [-0.15, -0.1) is 0 Å². The Balaban J connectivity index is 3.60. The lowest BCUT2D eigenvalue weighted by Crippen LogP contribution is -2.28. The summed E-state index contributed by atoms with van der Waals surface area (Å²) in [6.07, 6.45) is 1.30. The van der Waals surface area contributed by atoms with Crippen LogP contribution >= 0.6 is 25.3 Å². The van der Waals surface area contributed by atoms with Crippen molar-refractivity contribution in [3.8, 4) is 0 Å². The summed E-state index contributed by atoms with van der Waals surface area (Å²) in [5.74, 6) is -0.696. The number of unbranched alkanes of at least 4 members (excludes halogenated alkanes) is 1. The Morgan fingerprint density at radius 1 is 0.833 bits per heavy atom. The Hall–Kier alpha value is -0.360. The third kappa shape index (κ3) is 7.87. The lowest BCUT2D eigenvalue weighted by atomic mass is 10.2. The van der Waals surface area contributed by atoms with E-state index >= 15 is 0 Å². The zero-order valence-corrected chi connectivity index (χ0v) is 13.1. The first-order valence-electron chi connectivity index (χ1n) is 5.84. The molecule has 0 rings (SSSR count). The molecule has 0 aliphatic heterocycles. The Morgan fingerprint density at radius 3 is 1.33 bits per heavy atom. The molecule has 106 valence electrons. The van der Waals surface area contributed by atoms with Crippen molar-refractivity contribution < 1.29 is 19.1 Å². The van der Waals surface area contributed by atoms with E-state index in [9.17, 15) is 9.59 Å². The third-order valence-corrected chi connectivity index (χ3v) is 2.37. The lowest BCUT2D eigenvalue weighted by Gasteiger charge is -2.16. The van der Waals surface area contributed by atoms with Gasteiger partial charge in [0.2, 0.25) is 0 Å². The average molecular weight is 294 g/mol. The van der Waals surface area contributed by atoms with Crippen molar-refractivity contribution in [3.63, 3.8) is 0 Å². The topological polar surface area (TPSA) is 52.6 Å². The normalized spacial score (nSPS) is 12.1. The maximum Gasteiger partial charge on any atom is 0.321 e. The molecule has 0 saturated heterocycles. The molecule has 0 aliphatic carbocycles. The molecule has 0 N–H and O–H groups in total. The van der Waals surface area contributed by atoms with Crippen LogP contribution in [-0.2, 0) is 19.1 Å². The van der Waals surface area contributed by atoms with Gasteiger partial charge in [0.15, 0.2) is 0 Å². The molecule has 0 aromatic rings. The van der Waals surface area contributed by atoms with Crippen LogP contribution in [0.25, 0.3) is 0 Å². The summed E-state index contributed by atoms with van der Waals surface area (Å²) in [6, 6.07) is 0. The van der Waals surface area contributed by atoms with Crippen LogP contribution in [0.4, 0.5) is 0 Å². The van der Waals surface area contributed by atoms with Gasteiger partial charge in [-0.1, -0.05) is 0 Å². The Bertz CT molecular complexity index is 259. The van der Waals surface area contributed by atoms with Crippen molar-refractivity contribution in [2.24, 2.45) is 0 Å². The van der Waals surface area contributed by atoms with Gasteiger partial charge in [0.1, 0.15) is 9.49 Å². The number of hydrogen-bond acceptors (Lipinski definition) is 6. The van der Waals surface area contributed by atoms with Gasteiger partial charge in [-0.3, -0.25) is 9.59 Å². The van der Waals surface area contributed by atoms with Crippen molar-refractivity contribution in [2.45, 2.75) is 50.0 Å². The second kappa shape index (κ2) is 7.28. The Morgan fingerprint density at radius 2 is 1.11 bits per heavy atom. The standard InChI is InChI=1S/C12H22O4S2/c1-11(2,17)9(13)15-7-5-6-8-16-10(14)12(3,4)18/h17-18H,5-8H2,1-4H3. The highest BCUT2D eigenvalue weighted by Gasteiger charge is 2.25. The highest BCUT2D eigenvalue weighted by Crippen LogP contribution is 2.15. The number of esters is 2. The van der Waals surface area contributed by atoms with Gasteiger partial charge >= 0.3 is 11.9 Å². The number of thiol groups is 2. The monoisotopic (exact) mass is 294 g/mol. The van der Waals surface area contributed by atoms with Gasteiger partial charge in [-0.25, -0.2) is 0 Å². The zero-order valence-electron chi connectivity index (χ0n) is 11.4. The van der Waals surface area contributed by atoms with Gasteiger partial charge in [0.25, 0.3) is 0 Å². The van der Waals surface area contributed by atoms with E-state index in [1.165, 1.54) is 0 Å². The van der Waals surface area contributed by atoms with Crippen LogP contribution in [0.1, 0.15) is 40.5 Å². The van der Waals surface area contributed by atoms with Crippen LogP contribution in [0.2, 0.25) is 0 Å². The van der Waals surface area contributed by atoms with Crippen molar-refractivity contribution in [1.29, 1.82) is 0 Å². The van der Waals surface area contributed by atoms with Gasteiger partial charge in [-0.2, -0.15) is 25.3 Å². The molecule has 0 heterocycles. The summed E-state index contributed by atoms with van der Waals surface area (Å²) in [6.45, 7) is 7.32. The number of rotatable bonds is 7. The highest BCUT2D eigenvalue weighted by atomic mass is 32.1. The molecule has 0 spiro atoms. The summed E-state index contributed by atoms with van der Waals surface area (Å²) >= 11 is 8.20. The van der Waals surface area contributed by atoms with Crippen LogP contribution in [0.15, 0.2) is 0 Å². The zero-order chi connectivity index (χ0) is 14.4. The fraction of sp³-hybridized carbons (Fsp3) is 0.833. The summed E-state index contributed by atoms with van der Waals surface area (Å²) in [7, 11) is 0. The molecule has 0 aromatic heterocycles. The minimum atomic E-state index is -0.775. The van der Waals surface area contributed by atoms with Crippen molar-refractivity contribution in [3.05, 3.63) is 0 Å². The largest absolute Gasteiger partial charge is 0.465 e. The fourth-order valence-electron chi connectivity index (χ4n) is 0.887. The minimum Gasteiger partial charge on any atom is -0.465 e. The molecule has 0 unspecified atom stereocenters. The first-order valence-corrected chi connectivity index (χ1v) is 6.74. The quantitative estimate of drug-likeness (QED) is 0.430. The SMILES string of the molecule is CC(C)(S)C(=O)OCCCCOC(=O)C(C)(C)S. The number of hydrogen-bond donors (Lipinski definition) is 2. The van der Waals surface area contributed by atoms with Crippen molar-refractivity contribution in [2.75, 3.05) is 13.2 Å². The maximum atomic E-state index is 11.3. The van der Waals surface area contributed by atoms with Crippen molar-refractivity contribution >= 4 is 37.2 Å². The number of carbonyl (C=O) groups is 2. The van der Waals surface area contributed by atoms with Gasteiger partial charge < -0.3 is 9.47 Å². The molecule has 0 aliphatic rings. The molecule has 0 fully saturated rings. The molecular weight excluding hydrogens is 272 g/mol. The molecule has 6 heteroatoms. The molecule has 18 heavy (non-hydrogen) atoms. The molecule has 4 nitrogen and oxygen atoms in total. The maximum absolute atomic E-state index is 11.3. The van der Waals surface area contributed by atoms with Gasteiger partial charge in [0, 0.05) is 0 Å². The summed E-state index contributed by atoms with van der Waals surface area (Å²) < 4.78 is 8.47. The molecule has 0 atom stereocenters. The van der Waals surface area contributed by atoms with Crippen LogP contribution in [0, 0.1) is 0 Å². The van der Waals surface area contributed by atoms with Crippen LogP contribution in [-0.4, -0.2) is 34.6 Å². The van der Waals surface area contributed by atoms with E-state index in [2.05, 4.69) is 25.3 Å². The Kier molecular flexibility index (Phi) is 7.14. The minimum absolute atomic E-state index is 0.310. The summed E-state index contributed by atoms with van der Waals surface area (Å²) in [5.41, 5.74) is 0. The van der Waals surface area contributed by atoms with Gasteiger partial charge in [-0.05, 0) is 40.5 Å². The van der Waals surface area contributed by atoms with E-state index in [-0.39, 0.29) is 11.9 Å². The first kappa shape index (κ1) is 17.6. The highest BCUT2D eigenvalue weighted by molar-refractivity contribution is 7.82. The van der Waals surface area contributed by atoms with Gasteiger partial charge in [0.05, 0.1) is 13.2 Å². The molecular formula is C12H22O4S2. The lowest BCUT2D eigenvalue weighted by molar-refractivity contribution is -0.148. The molecule has 0 saturated carbocycles. The smallest absolute Gasteiger partial charge is 0.321 e. The average Bonchev–Trinajstić information content (AvgIpc) is 2.19. The second-order valence-electron chi connectivity index (χ2n) is 5.10. The second-order valence-corrected chi connectivity index (χ2v) is 7.33. The number of ether oxygens (including phenoxy) is 2. The first-order chi connectivity index (χ1) is 8.05. The van der Waals surface area contributed by atoms with E-state index < -0.39 is 9.49 Å². The molecule has 0 amide bonds. The molecule has 0 aromatic carbocycles. The van der Waals surface area contributed by atoms with E-state index in [0.29, 0.717) is 26.1 Å². The number of carbonyl (C=O) groups excluding carboxylic acids is 2. The third-order valence-electron chi connectivity index (χ3n) is 2.00. The van der Waals surface area contributed by atoms with E-state index in [4.69, 9.17) is 9.47 Å². The van der Waals surface area contributed by atoms with Crippen LogP contribution in [0.5, 0.6) is 0 Å².